The van der Waals surface area contributed by atoms with Gasteiger partial charge in [0.25, 0.3) is 0 Å². The summed E-state index contributed by atoms with van der Waals surface area (Å²) >= 11 is 0. The van der Waals surface area contributed by atoms with Gasteiger partial charge in [-0.2, -0.15) is 20.7 Å². The van der Waals surface area contributed by atoms with Crippen LogP contribution in [0.15, 0.2) is 79.4 Å². The Bertz CT molecular complexity index is 2600. The number of nitrogens with two attached hydrogens (primary N) is 2. The van der Waals surface area contributed by atoms with Crippen LogP contribution in [0.1, 0.15) is 114 Å². The number of hydrogen-bond acceptors (Lipinski definition) is 20. The summed E-state index contributed by atoms with van der Waals surface area (Å²) in [6.07, 6.45) is 12.2. The second-order valence-corrected chi connectivity index (χ2v) is 20.6. The van der Waals surface area contributed by atoms with Crippen LogP contribution >= 0.6 is 7.82 Å². The van der Waals surface area contributed by atoms with Crippen LogP contribution in [0.4, 0.5) is 11.6 Å². The molecule has 6 heterocycles. The minimum Gasteiger partial charge on any atom is -0.387 e. The molecule has 1 aromatic carbocycles. The molecule has 0 bridgehead atoms. The minimum atomic E-state index is -4.89. The van der Waals surface area contributed by atoms with Crippen LogP contribution in [-0.2, 0) is 54.9 Å². The largest absolute Gasteiger partial charge is 0.475 e. The second-order valence-electron chi connectivity index (χ2n) is 19.0. The van der Waals surface area contributed by atoms with Gasteiger partial charge in [-0.05, 0) is 61.9 Å². The van der Waals surface area contributed by atoms with Crippen molar-refractivity contribution in [3.63, 3.8) is 0 Å². The number of hydrogen-bond donors (Lipinski definition) is 6. The summed E-state index contributed by atoms with van der Waals surface area (Å²) in [5.41, 5.74) is 9.10. The molecule has 0 spiro atoms. The summed E-state index contributed by atoms with van der Waals surface area (Å²) in [6, 6.07) is 19.2. The van der Waals surface area contributed by atoms with E-state index in [4.69, 9.17) is 44.0 Å². The number of phosphoric acid groups is 1. The maximum atomic E-state index is 14.9. The van der Waals surface area contributed by atoms with Gasteiger partial charge in [0.2, 0.25) is 11.2 Å². The average Bonchev–Trinajstić information content (AvgIpc) is 4.19. The van der Waals surface area contributed by atoms with Crippen LogP contribution in [0.5, 0.6) is 0 Å². The molecule has 8 N–H and O–H groups in total. The molecule has 7 rings (SSSR count). The molecule has 4 aromatic heterocycles. The lowest BCUT2D eigenvalue weighted by atomic mass is 9.92. The number of benzene rings is 1. The van der Waals surface area contributed by atoms with Gasteiger partial charge in [-0.3, -0.25) is 13.6 Å². The molecule has 9 atom stereocenters. The van der Waals surface area contributed by atoms with Crippen LogP contribution in [0, 0.1) is 22.7 Å². The number of phosphoric ester groups is 1. The monoisotopic (exact) mass is 1060 g/mol. The third kappa shape index (κ3) is 14.0. The Labute approximate surface area is 436 Å². The van der Waals surface area contributed by atoms with Crippen molar-refractivity contribution >= 4 is 30.5 Å². The number of ether oxygens (including phenoxy) is 4. The van der Waals surface area contributed by atoms with Crippen molar-refractivity contribution in [3.8, 4) is 12.1 Å². The molecular weight excluding hydrogens is 988 g/mol. The Morgan fingerprint density at radius 2 is 1.19 bits per heavy atom. The number of unbranched alkanes of at least 4 members (excludes halogenated alkanes) is 12. The molecule has 2 aliphatic rings. The molecule has 75 heavy (non-hydrogen) atoms. The molecule has 23 heteroatoms. The summed E-state index contributed by atoms with van der Waals surface area (Å²) < 4.78 is 59.5. The van der Waals surface area contributed by atoms with Gasteiger partial charge in [-0.25, -0.2) is 23.6 Å². The van der Waals surface area contributed by atoms with E-state index in [1.807, 2.05) is 42.5 Å². The Morgan fingerprint density at radius 1 is 0.693 bits per heavy atom. The van der Waals surface area contributed by atoms with Crippen molar-refractivity contribution in [1.29, 1.82) is 10.5 Å². The Kier molecular flexibility index (Phi) is 21.1. The number of aliphatic hydroxyl groups is 4. The van der Waals surface area contributed by atoms with Gasteiger partial charge in [-0.15, -0.1) is 0 Å². The van der Waals surface area contributed by atoms with E-state index >= 15 is 0 Å². The second kappa shape index (κ2) is 27.6. The van der Waals surface area contributed by atoms with Crippen molar-refractivity contribution in [1.82, 2.24) is 29.2 Å². The Hall–Kier alpha value is -5.43. The number of aliphatic hydroxyl groups excluding tert-OH is 4. The Morgan fingerprint density at radius 3 is 1.69 bits per heavy atom. The molecule has 22 nitrogen and oxygen atoms in total. The van der Waals surface area contributed by atoms with E-state index < -0.39 is 81.6 Å². The van der Waals surface area contributed by atoms with Gasteiger partial charge in [0.15, 0.2) is 11.6 Å². The lowest BCUT2D eigenvalue weighted by Gasteiger charge is -2.26. The van der Waals surface area contributed by atoms with Gasteiger partial charge in [-0.1, -0.05) is 107 Å². The number of nitrogens with zero attached hydrogens (tertiary/aromatic N) is 8. The summed E-state index contributed by atoms with van der Waals surface area (Å²) in [4.78, 5) is 7.91. The fourth-order valence-corrected chi connectivity index (χ4v) is 10.5. The molecular formula is C52H71N10O12P. The fraction of sp³-hybridized carbons (Fsp3) is 0.577. The molecule has 406 valence electrons. The van der Waals surface area contributed by atoms with Crippen LogP contribution in [0.2, 0.25) is 0 Å². The third-order valence-corrected chi connectivity index (χ3v) is 15.0. The lowest BCUT2D eigenvalue weighted by molar-refractivity contribution is -0.0802. The molecule has 0 saturated carbocycles. The summed E-state index contributed by atoms with van der Waals surface area (Å²) in [6.45, 7) is 0.852. The zero-order valence-electron chi connectivity index (χ0n) is 42.4. The van der Waals surface area contributed by atoms with Crippen molar-refractivity contribution in [2.75, 3.05) is 44.5 Å². The van der Waals surface area contributed by atoms with Crippen LogP contribution in [0.25, 0.3) is 11.0 Å². The van der Waals surface area contributed by atoms with E-state index in [9.17, 15) is 35.5 Å². The maximum absolute atomic E-state index is 14.9. The van der Waals surface area contributed by atoms with Gasteiger partial charge in [0, 0.05) is 6.61 Å². The van der Waals surface area contributed by atoms with E-state index in [0.717, 1.165) is 56.7 Å². The first-order valence-electron chi connectivity index (χ1n) is 25.9. The summed E-state index contributed by atoms with van der Waals surface area (Å²) in [7, 11) is -4.89. The predicted molar refractivity (Wildman–Crippen MR) is 274 cm³/mol. The highest BCUT2D eigenvalue weighted by Crippen LogP contribution is 2.52. The van der Waals surface area contributed by atoms with E-state index in [-0.39, 0.29) is 36.2 Å². The molecule has 2 aliphatic heterocycles. The lowest BCUT2D eigenvalue weighted by Crippen LogP contribution is -2.41. The number of rotatable bonds is 32. The number of aromatic nitrogens is 6. The number of anilines is 2. The number of nitrogen functional groups attached to an aromatic ring is 2. The highest BCUT2D eigenvalue weighted by Gasteiger charge is 2.59. The van der Waals surface area contributed by atoms with Gasteiger partial charge in [0.1, 0.15) is 78.6 Å². The summed E-state index contributed by atoms with van der Waals surface area (Å²) in [5, 5.41) is 74.8. The predicted octanol–water partition coefficient (Wildman–Crippen LogP) is 6.11. The zero-order chi connectivity index (χ0) is 53.3. The first-order chi connectivity index (χ1) is 36.4. The SMILES string of the molecule is CCCCCCCC/C=C/CCCCCCCCOC[C@H](COP(=O)(OC[C@H]1O[C@@](C#N)(c2ccc3c(N)ncnn23)[C@H](O)[C@@H]1O)OC[C@H]1O[C@@](C#N)(c2ccc3c(N)ncnn23)[C@H](O)[C@@H]1O)OCc1ccccc1. The highest BCUT2D eigenvalue weighted by molar-refractivity contribution is 7.48. The molecule has 0 radical (unpaired) electrons. The third-order valence-electron chi connectivity index (χ3n) is 13.6. The molecule has 0 amide bonds. The number of fused-ring (bicyclic) bond motifs is 2. The maximum Gasteiger partial charge on any atom is 0.475 e. The molecule has 2 fully saturated rings. The van der Waals surface area contributed by atoms with Gasteiger partial charge >= 0.3 is 7.82 Å². The molecule has 2 saturated heterocycles. The first-order valence-corrected chi connectivity index (χ1v) is 27.4. The van der Waals surface area contributed by atoms with Crippen LogP contribution < -0.4 is 11.5 Å². The number of nitriles is 2. The molecule has 0 unspecified atom stereocenters. The van der Waals surface area contributed by atoms with E-state index in [2.05, 4.69) is 39.2 Å². The fourth-order valence-electron chi connectivity index (χ4n) is 9.32. The van der Waals surface area contributed by atoms with Crippen molar-refractivity contribution in [2.24, 2.45) is 0 Å². The van der Waals surface area contributed by atoms with Crippen molar-refractivity contribution < 1.29 is 57.5 Å². The molecule has 5 aromatic rings. The highest BCUT2D eigenvalue weighted by atomic mass is 31.2. The first kappa shape index (κ1) is 57.3. The minimum absolute atomic E-state index is 0.0197. The Balaban J connectivity index is 0.998. The van der Waals surface area contributed by atoms with Crippen LogP contribution in [0.3, 0.4) is 0 Å². The quantitative estimate of drug-likeness (QED) is 0.0161. The normalized spacial score (nSPS) is 24.4. The topological polar surface area (TPSA) is 323 Å². The van der Waals surface area contributed by atoms with E-state index in [1.54, 1.807) is 0 Å². The molecule has 0 aliphatic carbocycles. The van der Waals surface area contributed by atoms with Crippen molar-refractivity contribution in [3.05, 3.63) is 96.4 Å². The van der Waals surface area contributed by atoms with Gasteiger partial charge < -0.3 is 50.8 Å². The summed E-state index contributed by atoms with van der Waals surface area (Å²) in [5.74, 6) is 0.164. The van der Waals surface area contributed by atoms with Crippen LogP contribution in [-0.4, -0.2) is 125 Å². The smallest absolute Gasteiger partial charge is 0.387 e. The standard InChI is InChI=1S/C52H71N10O12P/c1-2-3-4-5-6-7-8-9-10-11-12-13-14-15-16-20-27-68-29-38(69-28-37-21-18-17-19-22-37)30-70-75(67,71-31-41-45(63)47(65)51(33-53,73-41)43-25-23-39-49(55)57-35-59-61(39)43)72-32-42-46(64)48(66)52(34-54,74-42)44-26-24-40-50(56)58-36-60-62(40)44/h9-10,17-19,21-26,35-36,38,41-42,45-48,63-66H,2-8,11-16,20,27-32H2,1H3,(H2,55,57,59)(H2,56,58,60)/b10-9+/t38-,41-,42-,45-,46-,47-,48-,51+,52+/m1/s1. The van der Waals surface area contributed by atoms with Crippen molar-refractivity contribution in [2.45, 2.75) is 157 Å². The number of allylic oxidation sites excluding steroid dienone is 2. The average molecular weight is 1060 g/mol. The zero-order valence-corrected chi connectivity index (χ0v) is 43.3. The van der Waals surface area contributed by atoms with E-state index in [0.29, 0.717) is 17.6 Å². The van der Waals surface area contributed by atoms with Gasteiger partial charge in [0.05, 0.1) is 44.4 Å². The van der Waals surface area contributed by atoms with E-state index in [1.165, 1.54) is 84.7 Å².